The first kappa shape index (κ1) is 12.3. The van der Waals surface area contributed by atoms with Crippen molar-refractivity contribution in [2.45, 2.75) is 19.9 Å². The zero-order chi connectivity index (χ0) is 12.4. The second kappa shape index (κ2) is 5.01. The summed E-state index contributed by atoms with van der Waals surface area (Å²) < 4.78 is 0. The van der Waals surface area contributed by atoms with Crippen molar-refractivity contribution in [1.29, 1.82) is 0 Å². The monoisotopic (exact) mass is 268 g/mol. The summed E-state index contributed by atoms with van der Waals surface area (Å²) in [6.45, 7) is 4.21. The second-order valence-corrected chi connectivity index (χ2v) is 5.94. The Labute approximate surface area is 109 Å². The summed E-state index contributed by atoms with van der Waals surface area (Å²) in [7, 11) is 3.99. The van der Waals surface area contributed by atoms with Gasteiger partial charge in [0.05, 0.1) is 0 Å². The van der Waals surface area contributed by atoms with Gasteiger partial charge in [-0.3, -0.25) is 0 Å². The van der Waals surface area contributed by atoms with Crippen molar-refractivity contribution in [3.8, 4) is 11.4 Å². The van der Waals surface area contributed by atoms with E-state index in [1.54, 1.807) is 22.7 Å². The van der Waals surface area contributed by atoms with Gasteiger partial charge in [0, 0.05) is 30.9 Å². The Morgan fingerprint density at radius 3 is 2.35 bits per heavy atom. The Morgan fingerprint density at radius 1 is 1.12 bits per heavy atom. The molecule has 0 fully saturated rings. The summed E-state index contributed by atoms with van der Waals surface area (Å²) in [6.07, 6.45) is 0. The van der Waals surface area contributed by atoms with Crippen LogP contribution in [0.1, 0.15) is 13.8 Å². The molecule has 0 bridgehead atoms. The molecule has 2 heterocycles. The highest BCUT2D eigenvalue weighted by atomic mass is 32.1. The van der Waals surface area contributed by atoms with Crippen molar-refractivity contribution >= 4 is 32.9 Å². The van der Waals surface area contributed by atoms with Crippen LogP contribution in [0, 0.1) is 0 Å². The molecule has 0 aliphatic heterocycles. The summed E-state index contributed by atoms with van der Waals surface area (Å²) in [5.41, 5.74) is 1.90. The van der Waals surface area contributed by atoms with E-state index < -0.39 is 0 Å². The minimum absolute atomic E-state index is 0.404. The molecule has 0 unspecified atom stereocenters. The topological polar surface area (TPSA) is 41.1 Å². The number of thiazole rings is 2. The average molecular weight is 268 g/mol. The molecule has 4 nitrogen and oxygen atoms in total. The number of aromatic nitrogens is 2. The zero-order valence-corrected chi connectivity index (χ0v) is 12.0. The van der Waals surface area contributed by atoms with Gasteiger partial charge in [-0.2, -0.15) is 0 Å². The maximum atomic E-state index is 4.53. The van der Waals surface area contributed by atoms with Crippen molar-refractivity contribution in [3.05, 3.63) is 10.8 Å². The first-order valence-electron chi connectivity index (χ1n) is 5.41. The van der Waals surface area contributed by atoms with Crippen LogP contribution in [0.3, 0.4) is 0 Å². The molecule has 0 atom stereocenters. The first-order chi connectivity index (χ1) is 8.06. The molecule has 0 saturated heterocycles. The summed E-state index contributed by atoms with van der Waals surface area (Å²) in [5.74, 6) is 0. The SMILES string of the molecule is CC(C)Nc1nc(-c2csc(N(C)C)n2)cs1. The van der Waals surface area contributed by atoms with Gasteiger partial charge < -0.3 is 10.2 Å². The maximum Gasteiger partial charge on any atom is 0.185 e. The van der Waals surface area contributed by atoms with Crippen molar-refractivity contribution in [3.63, 3.8) is 0 Å². The van der Waals surface area contributed by atoms with Gasteiger partial charge in [0.25, 0.3) is 0 Å². The van der Waals surface area contributed by atoms with E-state index in [0.29, 0.717) is 6.04 Å². The number of nitrogens with one attached hydrogen (secondary N) is 1. The quantitative estimate of drug-likeness (QED) is 0.925. The number of hydrogen-bond acceptors (Lipinski definition) is 6. The fraction of sp³-hybridized carbons (Fsp3) is 0.455. The standard InChI is InChI=1S/C11H16N4S2/c1-7(2)12-10-13-8(5-16-10)9-6-17-11(14-9)15(3)4/h5-7H,1-4H3,(H,12,13). The number of nitrogens with zero attached hydrogens (tertiary/aromatic N) is 3. The molecular weight excluding hydrogens is 252 g/mol. The summed E-state index contributed by atoms with van der Waals surface area (Å²) in [5, 5.41) is 9.34. The molecule has 0 aromatic carbocycles. The molecule has 2 aromatic heterocycles. The molecule has 6 heteroatoms. The van der Waals surface area contributed by atoms with Crippen LogP contribution in [0.5, 0.6) is 0 Å². The van der Waals surface area contributed by atoms with E-state index in [9.17, 15) is 0 Å². The summed E-state index contributed by atoms with van der Waals surface area (Å²) in [6, 6.07) is 0.404. The molecule has 2 rings (SSSR count). The van der Waals surface area contributed by atoms with Crippen LogP contribution < -0.4 is 10.2 Å². The van der Waals surface area contributed by atoms with Gasteiger partial charge in [-0.25, -0.2) is 9.97 Å². The van der Waals surface area contributed by atoms with E-state index in [2.05, 4.69) is 29.1 Å². The Kier molecular flexibility index (Phi) is 3.63. The third-order valence-electron chi connectivity index (χ3n) is 2.05. The molecule has 2 aromatic rings. The molecule has 92 valence electrons. The third kappa shape index (κ3) is 2.95. The number of hydrogen-bond donors (Lipinski definition) is 1. The molecule has 0 radical (unpaired) electrons. The normalized spacial score (nSPS) is 10.9. The van der Waals surface area contributed by atoms with E-state index in [0.717, 1.165) is 21.7 Å². The lowest BCUT2D eigenvalue weighted by Crippen LogP contribution is -2.09. The van der Waals surface area contributed by atoms with Crippen molar-refractivity contribution in [2.24, 2.45) is 0 Å². The zero-order valence-electron chi connectivity index (χ0n) is 10.4. The van der Waals surface area contributed by atoms with Gasteiger partial charge >= 0.3 is 0 Å². The fourth-order valence-electron chi connectivity index (χ4n) is 1.29. The van der Waals surface area contributed by atoms with E-state index >= 15 is 0 Å². The van der Waals surface area contributed by atoms with Gasteiger partial charge in [-0.1, -0.05) is 0 Å². The molecule has 0 aliphatic carbocycles. The number of anilines is 2. The maximum absolute atomic E-state index is 4.53. The van der Waals surface area contributed by atoms with Crippen LogP contribution in [0.25, 0.3) is 11.4 Å². The van der Waals surface area contributed by atoms with Crippen molar-refractivity contribution in [2.75, 3.05) is 24.3 Å². The molecule has 0 spiro atoms. The van der Waals surface area contributed by atoms with E-state index in [1.807, 2.05) is 29.8 Å². The Morgan fingerprint density at radius 2 is 1.76 bits per heavy atom. The van der Waals surface area contributed by atoms with Gasteiger partial charge in [-0.05, 0) is 13.8 Å². The Balaban J connectivity index is 2.18. The van der Waals surface area contributed by atoms with Crippen LogP contribution in [-0.4, -0.2) is 30.1 Å². The van der Waals surface area contributed by atoms with E-state index in [4.69, 9.17) is 0 Å². The predicted octanol–water partition coefficient (Wildman–Crippen LogP) is 3.15. The minimum atomic E-state index is 0.404. The lowest BCUT2D eigenvalue weighted by Gasteiger charge is -2.05. The molecule has 0 saturated carbocycles. The highest BCUT2D eigenvalue weighted by Crippen LogP contribution is 2.29. The van der Waals surface area contributed by atoms with Gasteiger partial charge in [0.1, 0.15) is 11.4 Å². The highest BCUT2D eigenvalue weighted by Gasteiger charge is 2.10. The van der Waals surface area contributed by atoms with Gasteiger partial charge in [-0.15, -0.1) is 22.7 Å². The molecule has 0 aliphatic rings. The van der Waals surface area contributed by atoms with Crippen LogP contribution in [0.15, 0.2) is 10.8 Å². The Hall–Kier alpha value is -1.14. The lowest BCUT2D eigenvalue weighted by molar-refractivity contribution is 0.896. The van der Waals surface area contributed by atoms with Gasteiger partial charge in [0.15, 0.2) is 10.3 Å². The van der Waals surface area contributed by atoms with Crippen LogP contribution in [-0.2, 0) is 0 Å². The summed E-state index contributed by atoms with van der Waals surface area (Å²) >= 11 is 3.25. The van der Waals surface area contributed by atoms with Crippen molar-refractivity contribution < 1.29 is 0 Å². The summed E-state index contributed by atoms with van der Waals surface area (Å²) in [4.78, 5) is 11.1. The van der Waals surface area contributed by atoms with Crippen LogP contribution in [0.2, 0.25) is 0 Å². The highest BCUT2D eigenvalue weighted by molar-refractivity contribution is 7.14. The molecule has 17 heavy (non-hydrogen) atoms. The van der Waals surface area contributed by atoms with Crippen molar-refractivity contribution in [1.82, 2.24) is 9.97 Å². The van der Waals surface area contributed by atoms with E-state index in [-0.39, 0.29) is 0 Å². The minimum Gasteiger partial charge on any atom is -0.359 e. The number of rotatable bonds is 4. The lowest BCUT2D eigenvalue weighted by atomic mass is 10.4. The van der Waals surface area contributed by atoms with Crippen LogP contribution in [0.4, 0.5) is 10.3 Å². The third-order valence-corrected chi connectivity index (χ3v) is 3.84. The van der Waals surface area contributed by atoms with E-state index in [1.165, 1.54) is 0 Å². The predicted molar refractivity (Wildman–Crippen MR) is 76.3 cm³/mol. The second-order valence-electron chi connectivity index (χ2n) is 4.25. The Bertz CT molecular complexity index is 487. The van der Waals surface area contributed by atoms with Crippen LogP contribution >= 0.6 is 22.7 Å². The fourth-order valence-corrected chi connectivity index (χ4v) is 2.90. The molecular formula is C11H16N4S2. The average Bonchev–Trinajstić information content (AvgIpc) is 2.83. The largest absolute Gasteiger partial charge is 0.359 e. The molecule has 0 amide bonds. The first-order valence-corrected chi connectivity index (χ1v) is 7.17. The van der Waals surface area contributed by atoms with Gasteiger partial charge in [0.2, 0.25) is 0 Å². The smallest absolute Gasteiger partial charge is 0.185 e. The molecule has 1 N–H and O–H groups in total.